The van der Waals surface area contributed by atoms with Crippen molar-refractivity contribution in [3.05, 3.63) is 17.5 Å². The third-order valence-electron chi connectivity index (χ3n) is 3.85. The first kappa shape index (κ1) is 12.0. The van der Waals surface area contributed by atoms with E-state index in [4.69, 9.17) is 11.6 Å². The average molecular weight is 241 g/mol. The molecule has 1 aromatic rings. The smallest absolute Gasteiger partial charge is 0.0596 e. The van der Waals surface area contributed by atoms with Gasteiger partial charge in [0.05, 0.1) is 5.69 Å². The van der Waals surface area contributed by atoms with Crippen LogP contribution in [0, 0.1) is 12.3 Å². The molecule has 0 bridgehead atoms. The van der Waals surface area contributed by atoms with E-state index in [1.807, 2.05) is 11.7 Å². The quantitative estimate of drug-likeness (QED) is 0.740. The predicted octanol–water partition coefficient (Wildman–Crippen LogP) is 3.46. The lowest BCUT2D eigenvalue weighted by atomic mass is 9.72. The van der Waals surface area contributed by atoms with Crippen molar-refractivity contribution in [1.82, 2.24) is 9.78 Å². The lowest BCUT2D eigenvalue weighted by Crippen LogP contribution is -2.29. The number of nitrogens with zero attached hydrogens (tertiary/aromatic N) is 2. The second-order valence-electron chi connectivity index (χ2n) is 5.27. The molecule has 2 rings (SSSR count). The van der Waals surface area contributed by atoms with Crippen molar-refractivity contribution in [2.75, 3.05) is 5.88 Å². The van der Waals surface area contributed by atoms with Crippen LogP contribution in [0.4, 0.5) is 0 Å². The first-order valence-electron chi connectivity index (χ1n) is 6.21. The van der Waals surface area contributed by atoms with E-state index in [-0.39, 0.29) is 0 Å². The highest BCUT2D eigenvalue weighted by Crippen LogP contribution is 2.40. The van der Waals surface area contributed by atoms with E-state index >= 15 is 0 Å². The van der Waals surface area contributed by atoms with Crippen molar-refractivity contribution in [3.63, 3.8) is 0 Å². The highest BCUT2D eigenvalue weighted by atomic mass is 35.5. The minimum absolute atomic E-state index is 0.333. The number of hydrogen-bond acceptors (Lipinski definition) is 1. The van der Waals surface area contributed by atoms with Crippen molar-refractivity contribution < 1.29 is 0 Å². The number of alkyl halides is 1. The zero-order chi connectivity index (χ0) is 11.6. The average Bonchev–Trinajstić information content (AvgIpc) is 2.59. The predicted molar refractivity (Wildman–Crippen MR) is 67.9 cm³/mol. The molecule has 90 valence electrons. The number of aromatic nitrogens is 2. The fraction of sp³-hybridized carbons (Fsp3) is 0.769. The molecule has 0 radical (unpaired) electrons. The Morgan fingerprint density at radius 2 is 2.06 bits per heavy atom. The molecule has 0 atom stereocenters. The second-order valence-corrected chi connectivity index (χ2v) is 5.54. The van der Waals surface area contributed by atoms with Crippen molar-refractivity contribution in [3.8, 4) is 0 Å². The maximum Gasteiger partial charge on any atom is 0.0596 e. The maximum absolute atomic E-state index is 6.22. The molecule has 0 N–H and O–H groups in total. The van der Waals surface area contributed by atoms with Crippen LogP contribution < -0.4 is 0 Å². The summed E-state index contributed by atoms with van der Waals surface area (Å²) >= 11 is 6.22. The van der Waals surface area contributed by atoms with Crippen LogP contribution in [0.1, 0.15) is 43.5 Å². The third-order valence-corrected chi connectivity index (χ3v) is 4.42. The summed E-state index contributed by atoms with van der Waals surface area (Å²) in [6, 6.07) is 2.20. The van der Waals surface area contributed by atoms with Gasteiger partial charge in [-0.05, 0) is 37.7 Å². The highest BCUT2D eigenvalue weighted by molar-refractivity contribution is 6.18. The van der Waals surface area contributed by atoms with Crippen molar-refractivity contribution in [2.24, 2.45) is 12.5 Å². The Morgan fingerprint density at radius 1 is 1.38 bits per heavy atom. The van der Waals surface area contributed by atoms with Gasteiger partial charge in [-0.2, -0.15) is 5.10 Å². The molecule has 0 unspecified atom stereocenters. The van der Waals surface area contributed by atoms with Gasteiger partial charge in [0.25, 0.3) is 0 Å². The van der Waals surface area contributed by atoms with E-state index in [0.717, 1.165) is 18.0 Å². The van der Waals surface area contributed by atoms with Gasteiger partial charge in [0.1, 0.15) is 0 Å². The van der Waals surface area contributed by atoms with Crippen LogP contribution in [0.5, 0.6) is 0 Å². The summed E-state index contributed by atoms with van der Waals surface area (Å²) in [4.78, 5) is 0. The minimum Gasteiger partial charge on any atom is -0.272 e. The van der Waals surface area contributed by atoms with E-state index in [9.17, 15) is 0 Å². The Bertz CT molecular complexity index is 351. The molecule has 2 nitrogen and oxygen atoms in total. The van der Waals surface area contributed by atoms with Gasteiger partial charge in [-0.3, -0.25) is 4.68 Å². The lowest BCUT2D eigenvalue weighted by molar-refractivity contribution is 0.215. The fourth-order valence-corrected chi connectivity index (χ4v) is 3.24. The van der Waals surface area contributed by atoms with E-state index in [0.29, 0.717) is 5.41 Å². The molecule has 1 fully saturated rings. The van der Waals surface area contributed by atoms with Crippen LogP contribution in [0.25, 0.3) is 0 Å². The molecule has 0 aromatic carbocycles. The van der Waals surface area contributed by atoms with Gasteiger partial charge in [0.15, 0.2) is 0 Å². The van der Waals surface area contributed by atoms with Crippen LogP contribution in [-0.2, 0) is 13.5 Å². The number of halogens is 1. The van der Waals surface area contributed by atoms with Crippen molar-refractivity contribution in [1.29, 1.82) is 0 Å². The number of rotatable bonds is 3. The second kappa shape index (κ2) is 4.79. The molecule has 1 aliphatic rings. The molecule has 16 heavy (non-hydrogen) atoms. The Balaban J connectivity index is 2.14. The minimum atomic E-state index is 0.333. The van der Waals surface area contributed by atoms with Crippen LogP contribution >= 0.6 is 11.6 Å². The highest BCUT2D eigenvalue weighted by Gasteiger charge is 2.32. The van der Waals surface area contributed by atoms with Gasteiger partial charge < -0.3 is 0 Å². The molecule has 1 aromatic heterocycles. The fourth-order valence-electron chi connectivity index (χ4n) is 2.87. The lowest BCUT2D eigenvalue weighted by Gasteiger charge is -2.35. The Labute approximate surface area is 103 Å². The van der Waals surface area contributed by atoms with Crippen molar-refractivity contribution >= 4 is 11.6 Å². The molecule has 1 saturated carbocycles. The van der Waals surface area contributed by atoms with Gasteiger partial charge in [0, 0.05) is 18.6 Å². The molecular weight excluding hydrogens is 220 g/mol. The standard InChI is InChI=1S/C13H21ClN2/c1-11-8-12(16(2)15-11)9-13(10-14)6-4-3-5-7-13/h8H,3-7,9-10H2,1-2H3. The van der Waals surface area contributed by atoms with Crippen LogP contribution in [0.3, 0.4) is 0 Å². The molecule has 1 heterocycles. The zero-order valence-corrected chi connectivity index (χ0v) is 11.1. The Morgan fingerprint density at radius 3 is 2.56 bits per heavy atom. The normalized spacial score (nSPS) is 19.9. The number of aryl methyl sites for hydroxylation is 2. The van der Waals surface area contributed by atoms with Crippen molar-refractivity contribution in [2.45, 2.75) is 45.4 Å². The van der Waals surface area contributed by atoms with E-state index in [2.05, 4.69) is 18.1 Å². The van der Waals surface area contributed by atoms with Crippen LogP contribution in [0.2, 0.25) is 0 Å². The van der Waals surface area contributed by atoms with Gasteiger partial charge in [-0.1, -0.05) is 19.3 Å². The van der Waals surface area contributed by atoms with Gasteiger partial charge >= 0.3 is 0 Å². The molecule has 0 spiro atoms. The van der Waals surface area contributed by atoms with Crippen LogP contribution in [0.15, 0.2) is 6.07 Å². The van der Waals surface area contributed by atoms with Crippen LogP contribution in [-0.4, -0.2) is 15.7 Å². The summed E-state index contributed by atoms with van der Waals surface area (Å²) in [5.74, 6) is 0.789. The molecule has 3 heteroatoms. The zero-order valence-electron chi connectivity index (χ0n) is 10.3. The first-order chi connectivity index (χ1) is 7.65. The summed E-state index contributed by atoms with van der Waals surface area (Å²) in [7, 11) is 2.03. The largest absolute Gasteiger partial charge is 0.272 e. The maximum atomic E-state index is 6.22. The molecule has 1 aliphatic carbocycles. The molecule has 0 aliphatic heterocycles. The van der Waals surface area contributed by atoms with E-state index < -0.39 is 0 Å². The summed E-state index contributed by atoms with van der Waals surface area (Å²) in [5.41, 5.74) is 2.78. The van der Waals surface area contributed by atoms with E-state index in [1.54, 1.807) is 0 Å². The molecule has 0 saturated heterocycles. The summed E-state index contributed by atoms with van der Waals surface area (Å²) in [5, 5.41) is 4.42. The third kappa shape index (κ3) is 2.42. The summed E-state index contributed by atoms with van der Waals surface area (Å²) in [6.45, 7) is 2.05. The van der Waals surface area contributed by atoms with E-state index in [1.165, 1.54) is 37.8 Å². The Hall–Kier alpha value is -0.500. The van der Waals surface area contributed by atoms with Gasteiger partial charge in [-0.25, -0.2) is 0 Å². The Kier molecular flexibility index (Phi) is 3.58. The number of hydrogen-bond donors (Lipinski definition) is 0. The SMILES string of the molecule is Cc1cc(CC2(CCl)CCCCC2)n(C)n1. The topological polar surface area (TPSA) is 17.8 Å². The summed E-state index contributed by atoms with van der Waals surface area (Å²) < 4.78 is 2.01. The van der Waals surface area contributed by atoms with Gasteiger partial charge in [-0.15, -0.1) is 11.6 Å². The van der Waals surface area contributed by atoms with Gasteiger partial charge in [0.2, 0.25) is 0 Å². The monoisotopic (exact) mass is 240 g/mol. The molecule has 0 amide bonds. The summed E-state index contributed by atoms with van der Waals surface area (Å²) in [6.07, 6.45) is 7.70. The molecular formula is C13H21ClN2. The first-order valence-corrected chi connectivity index (χ1v) is 6.74.